The Labute approximate surface area is 139 Å². The van der Waals surface area contributed by atoms with Crippen LogP contribution in [0.3, 0.4) is 0 Å². The highest BCUT2D eigenvalue weighted by Gasteiger charge is 2.13. The first-order valence-corrected chi connectivity index (χ1v) is 8.19. The number of aryl methyl sites for hydroxylation is 1. The number of hydrogen-bond acceptors (Lipinski definition) is 1. The monoisotopic (exact) mass is 301 g/mol. The zero-order valence-electron chi connectivity index (χ0n) is 13.6. The van der Waals surface area contributed by atoms with Gasteiger partial charge in [-0.2, -0.15) is 0 Å². The van der Waals surface area contributed by atoms with Crippen LogP contribution >= 0.6 is 0 Å². The van der Waals surface area contributed by atoms with Crippen LogP contribution in [0.15, 0.2) is 84.9 Å². The van der Waals surface area contributed by atoms with Gasteiger partial charge in [-0.1, -0.05) is 84.9 Å². The Hall–Kier alpha value is -2.38. The Kier molecular flexibility index (Phi) is 5.23. The summed E-state index contributed by atoms with van der Waals surface area (Å²) < 4.78 is 0. The second-order valence-corrected chi connectivity index (χ2v) is 5.93. The van der Waals surface area contributed by atoms with Gasteiger partial charge in [-0.25, -0.2) is 0 Å². The molecular formula is C22H23N. The van der Waals surface area contributed by atoms with Gasteiger partial charge in [0.15, 0.2) is 0 Å². The highest BCUT2D eigenvalue weighted by Crippen LogP contribution is 2.23. The molecule has 0 saturated heterocycles. The fourth-order valence-corrected chi connectivity index (χ4v) is 2.96. The van der Waals surface area contributed by atoms with Crippen LogP contribution in [-0.4, -0.2) is 6.54 Å². The van der Waals surface area contributed by atoms with E-state index >= 15 is 0 Å². The Morgan fingerprint density at radius 2 is 1.22 bits per heavy atom. The lowest BCUT2D eigenvalue weighted by atomic mass is 9.91. The molecule has 0 aromatic heterocycles. The second kappa shape index (κ2) is 7.75. The van der Waals surface area contributed by atoms with Gasteiger partial charge in [0.25, 0.3) is 0 Å². The number of rotatable bonds is 6. The van der Waals surface area contributed by atoms with Gasteiger partial charge in [-0.15, -0.1) is 0 Å². The van der Waals surface area contributed by atoms with Gasteiger partial charge in [0.05, 0.1) is 0 Å². The van der Waals surface area contributed by atoms with Crippen molar-refractivity contribution in [3.8, 4) is 0 Å². The van der Waals surface area contributed by atoms with Gasteiger partial charge < -0.3 is 5.32 Å². The minimum Gasteiger partial charge on any atom is -0.312 e. The molecule has 0 aliphatic rings. The fraction of sp³-hybridized carbons (Fsp3) is 0.182. The van der Waals surface area contributed by atoms with E-state index in [1.165, 1.54) is 22.3 Å². The Balaban J connectivity index is 1.74. The molecule has 0 aliphatic heterocycles. The molecule has 1 heteroatoms. The second-order valence-electron chi connectivity index (χ2n) is 5.93. The lowest BCUT2D eigenvalue weighted by molar-refractivity contribution is 0.634. The van der Waals surface area contributed by atoms with Gasteiger partial charge in [0, 0.05) is 19.0 Å². The van der Waals surface area contributed by atoms with E-state index in [2.05, 4.69) is 97.2 Å². The van der Waals surface area contributed by atoms with Crippen molar-refractivity contribution in [3.63, 3.8) is 0 Å². The van der Waals surface area contributed by atoms with Crippen molar-refractivity contribution in [2.75, 3.05) is 6.54 Å². The zero-order chi connectivity index (χ0) is 15.9. The quantitative estimate of drug-likeness (QED) is 0.681. The third kappa shape index (κ3) is 4.08. The molecule has 0 bridgehead atoms. The lowest BCUT2D eigenvalue weighted by Crippen LogP contribution is -2.22. The van der Waals surface area contributed by atoms with E-state index in [0.717, 1.165) is 13.1 Å². The average molecular weight is 301 g/mol. The van der Waals surface area contributed by atoms with Crippen molar-refractivity contribution in [1.29, 1.82) is 0 Å². The molecule has 0 unspecified atom stereocenters. The first-order chi connectivity index (χ1) is 11.3. The molecule has 3 aromatic carbocycles. The van der Waals surface area contributed by atoms with Crippen LogP contribution in [0.5, 0.6) is 0 Å². The standard InChI is InChI=1S/C22H23N/c1-18-10-8-9-15-21(18)16-23-17-22(19-11-4-2-5-12-19)20-13-6-3-7-14-20/h2-15,22-23H,16-17H2,1H3. The molecule has 0 fully saturated rings. The van der Waals surface area contributed by atoms with Crippen LogP contribution in [0.25, 0.3) is 0 Å². The van der Waals surface area contributed by atoms with Crippen molar-refractivity contribution in [3.05, 3.63) is 107 Å². The van der Waals surface area contributed by atoms with Gasteiger partial charge in [0.1, 0.15) is 0 Å². The molecule has 0 spiro atoms. The summed E-state index contributed by atoms with van der Waals surface area (Å²) in [5.74, 6) is 0.376. The van der Waals surface area contributed by atoms with Crippen molar-refractivity contribution >= 4 is 0 Å². The number of hydrogen-bond donors (Lipinski definition) is 1. The Morgan fingerprint density at radius 1 is 0.696 bits per heavy atom. The average Bonchev–Trinajstić information content (AvgIpc) is 2.62. The van der Waals surface area contributed by atoms with E-state index in [4.69, 9.17) is 0 Å². The molecule has 0 heterocycles. The van der Waals surface area contributed by atoms with E-state index < -0.39 is 0 Å². The molecule has 3 rings (SSSR count). The summed E-state index contributed by atoms with van der Waals surface area (Å²) >= 11 is 0. The molecule has 0 amide bonds. The van der Waals surface area contributed by atoms with Crippen molar-refractivity contribution in [1.82, 2.24) is 5.32 Å². The van der Waals surface area contributed by atoms with Crippen LogP contribution in [0, 0.1) is 6.92 Å². The number of nitrogens with one attached hydrogen (secondary N) is 1. The molecule has 3 aromatic rings. The van der Waals surface area contributed by atoms with E-state index in [1.54, 1.807) is 0 Å². The van der Waals surface area contributed by atoms with E-state index in [0.29, 0.717) is 5.92 Å². The van der Waals surface area contributed by atoms with Crippen molar-refractivity contribution in [2.24, 2.45) is 0 Å². The number of benzene rings is 3. The minimum atomic E-state index is 0.376. The maximum absolute atomic E-state index is 3.64. The highest BCUT2D eigenvalue weighted by molar-refractivity contribution is 5.33. The van der Waals surface area contributed by atoms with Crippen LogP contribution in [0.1, 0.15) is 28.2 Å². The molecule has 23 heavy (non-hydrogen) atoms. The van der Waals surface area contributed by atoms with Gasteiger partial charge >= 0.3 is 0 Å². The van der Waals surface area contributed by atoms with E-state index in [1.807, 2.05) is 0 Å². The SMILES string of the molecule is Cc1ccccc1CNCC(c1ccccc1)c1ccccc1. The summed E-state index contributed by atoms with van der Waals surface area (Å²) in [4.78, 5) is 0. The van der Waals surface area contributed by atoms with Crippen LogP contribution < -0.4 is 5.32 Å². The van der Waals surface area contributed by atoms with Crippen LogP contribution in [0.4, 0.5) is 0 Å². The third-order valence-corrected chi connectivity index (χ3v) is 4.33. The predicted molar refractivity (Wildman–Crippen MR) is 97.6 cm³/mol. The van der Waals surface area contributed by atoms with Gasteiger partial charge in [-0.05, 0) is 29.2 Å². The van der Waals surface area contributed by atoms with Gasteiger partial charge in [0.2, 0.25) is 0 Å². The first-order valence-electron chi connectivity index (χ1n) is 8.19. The molecule has 1 N–H and O–H groups in total. The molecule has 0 atom stereocenters. The largest absolute Gasteiger partial charge is 0.312 e. The summed E-state index contributed by atoms with van der Waals surface area (Å²) in [6, 6.07) is 30.0. The normalized spacial score (nSPS) is 10.9. The summed E-state index contributed by atoms with van der Waals surface area (Å²) in [5, 5.41) is 3.64. The smallest absolute Gasteiger partial charge is 0.0214 e. The van der Waals surface area contributed by atoms with Crippen molar-refractivity contribution in [2.45, 2.75) is 19.4 Å². The molecule has 0 saturated carbocycles. The molecule has 116 valence electrons. The molecule has 0 radical (unpaired) electrons. The van der Waals surface area contributed by atoms with E-state index in [9.17, 15) is 0 Å². The summed E-state index contributed by atoms with van der Waals surface area (Å²) in [6.07, 6.45) is 0. The predicted octanol–water partition coefficient (Wildman–Crippen LogP) is 4.92. The van der Waals surface area contributed by atoms with Crippen LogP contribution in [0.2, 0.25) is 0 Å². The highest BCUT2D eigenvalue weighted by atomic mass is 14.9. The van der Waals surface area contributed by atoms with Crippen LogP contribution in [-0.2, 0) is 6.54 Å². The molecular weight excluding hydrogens is 278 g/mol. The maximum atomic E-state index is 3.64. The first kappa shape index (κ1) is 15.5. The van der Waals surface area contributed by atoms with Gasteiger partial charge in [-0.3, -0.25) is 0 Å². The summed E-state index contributed by atoms with van der Waals surface area (Å²) in [5.41, 5.74) is 5.43. The topological polar surface area (TPSA) is 12.0 Å². The molecule has 0 aliphatic carbocycles. The summed E-state index contributed by atoms with van der Waals surface area (Å²) in [7, 11) is 0. The zero-order valence-corrected chi connectivity index (χ0v) is 13.6. The Morgan fingerprint density at radius 3 is 1.78 bits per heavy atom. The third-order valence-electron chi connectivity index (χ3n) is 4.33. The van der Waals surface area contributed by atoms with E-state index in [-0.39, 0.29) is 0 Å². The van der Waals surface area contributed by atoms with Crippen molar-refractivity contribution < 1.29 is 0 Å². The molecule has 1 nitrogen and oxygen atoms in total. The lowest BCUT2D eigenvalue weighted by Gasteiger charge is -2.19. The fourth-order valence-electron chi connectivity index (χ4n) is 2.96. The summed E-state index contributed by atoms with van der Waals surface area (Å²) in [6.45, 7) is 4.01. The minimum absolute atomic E-state index is 0.376. The Bertz CT molecular complexity index is 680. The maximum Gasteiger partial charge on any atom is 0.0214 e.